The molecule has 0 heterocycles. The van der Waals surface area contributed by atoms with Gasteiger partial charge in [-0.15, -0.1) is 0 Å². The molecule has 2 rings (SSSR count). The third-order valence-electron chi connectivity index (χ3n) is 3.65. The number of aliphatic hydroxyl groups is 1. The minimum Gasteiger partial charge on any atom is -0.490 e. The molecule has 3 N–H and O–H groups in total. The Hall–Kier alpha value is -2.37. The van der Waals surface area contributed by atoms with Crippen molar-refractivity contribution in [3.8, 4) is 5.75 Å². The number of rotatable bonds is 8. The molecule has 0 saturated carbocycles. The number of aliphatic hydroxyl groups excluding tert-OH is 1. The minimum absolute atomic E-state index is 0.100. The predicted octanol–water partition coefficient (Wildman–Crippen LogP) is 1.97. The maximum atomic E-state index is 11.4. The smallest absolute Gasteiger partial charge is 0.252 e. The molecule has 5 heteroatoms. The first-order chi connectivity index (χ1) is 11.5. The van der Waals surface area contributed by atoms with E-state index in [0.717, 1.165) is 12.1 Å². The lowest BCUT2D eigenvalue weighted by Gasteiger charge is -2.21. The lowest BCUT2D eigenvalue weighted by atomic mass is 10.1. The molecule has 0 aromatic heterocycles. The Morgan fingerprint density at radius 1 is 1.25 bits per heavy atom. The molecule has 0 aliphatic heterocycles. The van der Waals surface area contributed by atoms with Gasteiger partial charge in [0.2, 0.25) is 0 Å². The van der Waals surface area contributed by atoms with Gasteiger partial charge in [-0.25, -0.2) is 0 Å². The van der Waals surface area contributed by atoms with Crippen LogP contribution >= 0.6 is 0 Å². The predicted molar refractivity (Wildman–Crippen MR) is 94.0 cm³/mol. The van der Waals surface area contributed by atoms with Gasteiger partial charge < -0.3 is 15.6 Å². The summed E-state index contributed by atoms with van der Waals surface area (Å²) in [6.07, 6.45) is -0.667. The summed E-state index contributed by atoms with van der Waals surface area (Å²) in [5, 5.41) is 10.2. The first-order valence-corrected chi connectivity index (χ1v) is 7.89. The summed E-state index contributed by atoms with van der Waals surface area (Å²) in [5.41, 5.74) is 7.82. The number of carbonyl (C=O) groups is 1. The van der Waals surface area contributed by atoms with Gasteiger partial charge in [0.05, 0.1) is 5.56 Å². The zero-order valence-electron chi connectivity index (χ0n) is 14.1. The second-order valence-corrected chi connectivity index (χ2v) is 6.01. The van der Waals surface area contributed by atoms with Crippen molar-refractivity contribution in [2.24, 2.45) is 5.73 Å². The molecule has 24 heavy (non-hydrogen) atoms. The van der Waals surface area contributed by atoms with E-state index in [4.69, 9.17) is 10.5 Å². The Kier molecular flexibility index (Phi) is 6.35. The largest absolute Gasteiger partial charge is 0.490 e. The van der Waals surface area contributed by atoms with Crippen LogP contribution in [-0.4, -0.2) is 42.2 Å². The van der Waals surface area contributed by atoms with Crippen LogP contribution in [0.25, 0.3) is 0 Å². The molecule has 0 bridgehead atoms. The van der Waals surface area contributed by atoms with Crippen molar-refractivity contribution in [3.63, 3.8) is 0 Å². The standard InChI is InChI=1S/C19H24N2O3/c1-14-8-9-17(19(20)23)18(10-14)24-13-16(22)12-21(2)11-15-6-4-3-5-7-15/h3-10,16,22H,11-13H2,1-2H3,(H2,20,23). The molecule has 2 aromatic carbocycles. The highest BCUT2D eigenvalue weighted by Gasteiger charge is 2.13. The topological polar surface area (TPSA) is 75.8 Å². The van der Waals surface area contributed by atoms with Gasteiger partial charge in [0.25, 0.3) is 5.91 Å². The van der Waals surface area contributed by atoms with E-state index in [0.29, 0.717) is 17.9 Å². The van der Waals surface area contributed by atoms with Gasteiger partial charge in [-0.05, 0) is 37.2 Å². The number of nitrogens with zero attached hydrogens (tertiary/aromatic N) is 1. The van der Waals surface area contributed by atoms with E-state index in [-0.39, 0.29) is 6.61 Å². The van der Waals surface area contributed by atoms with E-state index in [1.54, 1.807) is 18.2 Å². The summed E-state index contributed by atoms with van der Waals surface area (Å²) < 4.78 is 5.61. The van der Waals surface area contributed by atoms with Crippen molar-refractivity contribution in [2.45, 2.75) is 19.6 Å². The number of aryl methyl sites for hydroxylation is 1. The van der Waals surface area contributed by atoms with Crippen LogP contribution in [0.5, 0.6) is 5.75 Å². The van der Waals surface area contributed by atoms with Crippen LogP contribution in [0.1, 0.15) is 21.5 Å². The van der Waals surface area contributed by atoms with Crippen LogP contribution in [-0.2, 0) is 6.54 Å². The molecular formula is C19H24N2O3. The second kappa shape index (κ2) is 8.47. The number of ether oxygens (including phenoxy) is 1. The van der Waals surface area contributed by atoms with Crippen molar-refractivity contribution < 1.29 is 14.6 Å². The molecule has 0 radical (unpaired) electrons. The van der Waals surface area contributed by atoms with Crippen LogP contribution < -0.4 is 10.5 Å². The number of benzene rings is 2. The normalized spacial score (nSPS) is 12.2. The molecule has 0 spiro atoms. The highest BCUT2D eigenvalue weighted by molar-refractivity contribution is 5.95. The fourth-order valence-corrected chi connectivity index (χ4v) is 2.51. The first kappa shape index (κ1) is 18.0. The van der Waals surface area contributed by atoms with E-state index < -0.39 is 12.0 Å². The van der Waals surface area contributed by atoms with Crippen LogP contribution in [0.3, 0.4) is 0 Å². The number of hydrogen-bond acceptors (Lipinski definition) is 4. The molecule has 0 aliphatic carbocycles. The Balaban J connectivity index is 1.88. The number of likely N-dealkylation sites (N-methyl/N-ethyl adjacent to an activating group) is 1. The molecule has 0 fully saturated rings. The van der Waals surface area contributed by atoms with Crippen molar-refractivity contribution in [3.05, 3.63) is 65.2 Å². The minimum atomic E-state index is -0.667. The molecule has 0 aliphatic rings. The maximum Gasteiger partial charge on any atom is 0.252 e. The molecule has 1 amide bonds. The summed E-state index contributed by atoms with van der Waals surface area (Å²) in [6.45, 7) is 3.21. The van der Waals surface area contributed by atoms with Crippen molar-refractivity contribution in [2.75, 3.05) is 20.2 Å². The Morgan fingerprint density at radius 3 is 2.62 bits per heavy atom. The van der Waals surface area contributed by atoms with Gasteiger partial charge in [-0.2, -0.15) is 0 Å². The van der Waals surface area contributed by atoms with E-state index in [1.807, 2.05) is 49.2 Å². The number of hydrogen-bond donors (Lipinski definition) is 2. The van der Waals surface area contributed by atoms with Crippen LogP contribution in [0.15, 0.2) is 48.5 Å². The zero-order valence-corrected chi connectivity index (χ0v) is 14.1. The Bertz CT molecular complexity index is 674. The van der Waals surface area contributed by atoms with E-state index in [1.165, 1.54) is 5.56 Å². The molecule has 1 unspecified atom stereocenters. The zero-order chi connectivity index (χ0) is 17.5. The molecule has 0 saturated heterocycles. The summed E-state index contributed by atoms with van der Waals surface area (Å²) in [4.78, 5) is 13.5. The molecule has 2 aromatic rings. The highest BCUT2D eigenvalue weighted by atomic mass is 16.5. The van der Waals surface area contributed by atoms with Gasteiger partial charge >= 0.3 is 0 Å². The first-order valence-electron chi connectivity index (χ1n) is 7.89. The molecule has 128 valence electrons. The lowest BCUT2D eigenvalue weighted by molar-refractivity contribution is 0.0733. The van der Waals surface area contributed by atoms with Crippen molar-refractivity contribution in [1.29, 1.82) is 0 Å². The molecular weight excluding hydrogens is 304 g/mol. The van der Waals surface area contributed by atoms with Crippen LogP contribution in [0, 0.1) is 6.92 Å². The van der Waals surface area contributed by atoms with Gasteiger partial charge in [0.15, 0.2) is 0 Å². The summed E-state index contributed by atoms with van der Waals surface area (Å²) in [6, 6.07) is 15.2. The van der Waals surface area contributed by atoms with Gasteiger partial charge in [0, 0.05) is 13.1 Å². The highest BCUT2D eigenvalue weighted by Crippen LogP contribution is 2.20. The Labute approximate surface area is 142 Å². The van der Waals surface area contributed by atoms with E-state index in [2.05, 4.69) is 0 Å². The maximum absolute atomic E-state index is 11.4. The fourth-order valence-electron chi connectivity index (χ4n) is 2.51. The van der Waals surface area contributed by atoms with Crippen molar-refractivity contribution in [1.82, 2.24) is 4.90 Å². The molecule has 1 atom stereocenters. The fraction of sp³-hybridized carbons (Fsp3) is 0.316. The summed E-state index contributed by atoms with van der Waals surface area (Å²) in [7, 11) is 1.94. The lowest BCUT2D eigenvalue weighted by Crippen LogP contribution is -2.33. The Morgan fingerprint density at radius 2 is 1.96 bits per heavy atom. The average Bonchev–Trinajstić information content (AvgIpc) is 2.53. The van der Waals surface area contributed by atoms with Gasteiger partial charge in [-0.1, -0.05) is 36.4 Å². The third-order valence-corrected chi connectivity index (χ3v) is 3.65. The second-order valence-electron chi connectivity index (χ2n) is 6.01. The van der Waals surface area contributed by atoms with E-state index in [9.17, 15) is 9.90 Å². The monoisotopic (exact) mass is 328 g/mol. The van der Waals surface area contributed by atoms with Gasteiger partial charge in [0.1, 0.15) is 18.5 Å². The van der Waals surface area contributed by atoms with Crippen molar-refractivity contribution >= 4 is 5.91 Å². The summed E-state index contributed by atoms with van der Waals surface area (Å²) >= 11 is 0. The summed E-state index contributed by atoms with van der Waals surface area (Å²) in [5.74, 6) is -0.132. The van der Waals surface area contributed by atoms with Crippen LogP contribution in [0.4, 0.5) is 0 Å². The number of nitrogens with two attached hydrogens (primary N) is 1. The SMILES string of the molecule is Cc1ccc(C(N)=O)c(OCC(O)CN(C)Cc2ccccc2)c1. The van der Waals surface area contributed by atoms with E-state index >= 15 is 0 Å². The number of carbonyl (C=O) groups excluding carboxylic acids is 1. The quantitative estimate of drug-likeness (QED) is 0.777. The third kappa shape index (κ3) is 5.37. The number of amides is 1. The number of primary amides is 1. The molecule has 5 nitrogen and oxygen atoms in total. The average molecular weight is 328 g/mol. The van der Waals surface area contributed by atoms with Crippen LogP contribution in [0.2, 0.25) is 0 Å². The van der Waals surface area contributed by atoms with Gasteiger partial charge in [-0.3, -0.25) is 9.69 Å².